The first-order valence-electron chi connectivity index (χ1n) is 11.8. The second-order valence-corrected chi connectivity index (χ2v) is 10.3. The highest BCUT2D eigenvalue weighted by atomic mass is 35.5. The normalized spacial score (nSPS) is 13.7. The van der Waals surface area contributed by atoms with Crippen molar-refractivity contribution in [2.24, 2.45) is 0 Å². The van der Waals surface area contributed by atoms with E-state index in [4.69, 9.17) is 4.74 Å². The van der Waals surface area contributed by atoms with Crippen LogP contribution < -0.4 is 10.3 Å². The fourth-order valence-electron chi connectivity index (χ4n) is 4.31. The average Bonchev–Trinajstić information content (AvgIpc) is 3.15. The Morgan fingerprint density at radius 1 is 1.03 bits per heavy atom. The molecule has 39 heavy (non-hydrogen) atoms. The van der Waals surface area contributed by atoms with Crippen molar-refractivity contribution < 1.29 is 35.1 Å². The molecule has 9 N–H and O–H groups in total. The number of piperazine rings is 1. The first-order valence-corrected chi connectivity index (χ1v) is 13.2. The Bertz CT molecular complexity index is 1360. The lowest BCUT2D eigenvalue weighted by Crippen LogP contribution is -2.48. The number of sulfonamides is 1. The van der Waals surface area contributed by atoms with Crippen LogP contribution in [0.1, 0.15) is 38.7 Å². The lowest BCUT2D eigenvalue weighted by Gasteiger charge is -2.33. The van der Waals surface area contributed by atoms with Crippen molar-refractivity contribution in [3.63, 3.8) is 0 Å². The number of likely N-dealkylation sites (N-methyl/N-ethyl adjacent to an activating group) is 1. The van der Waals surface area contributed by atoms with E-state index in [2.05, 4.69) is 26.9 Å². The van der Waals surface area contributed by atoms with Gasteiger partial charge in [-0.2, -0.15) is 4.31 Å². The van der Waals surface area contributed by atoms with Gasteiger partial charge in [0.15, 0.2) is 11.3 Å². The van der Waals surface area contributed by atoms with Crippen molar-refractivity contribution in [2.75, 3.05) is 39.3 Å². The number of imidazole rings is 1. The zero-order valence-corrected chi connectivity index (χ0v) is 24.2. The summed E-state index contributed by atoms with van der Waals surface area (Å²) in [5, 5.41) is 4.65. The molecule has 0 aliphatic carbocycles. The number of hydrogen-bond donors (Lipinski definition) is 1. The monoisotopic (exact) mass is 596 g/mol. The van der Waals surface area contributed by atoms with Gasteiger partial charge >= 0.3 is 0 Å². The third kappa shape index (κ3) is 7.52. The van der Waals surface area contributed by atoms with Crippen LogP contribution >= 0.6 is 12.4 Å². The SMILES string of the molecule is CCCc1nc(C)c2c(=O)[nH]c(-c3cc(S(=O)(=O)N4CCN(CC)CC4)ccc3OCC)nn12.Cl.O.O.O.O. The van der Waals surface area contributed by atoms with Crippen LogP contribution in [0.15, 0.2) is 27.9 Å². The minimum Gasteiger partial charge on any atom is -0.493 e. The van der Waals surface area contributed by atoms with Crippen molar-refractivity contribution in [1.82, 2.24) is 28.8 Å². The second kappa shape index (κ2) is 15.8. The minimum atomic E-state index is -3.71. The molecule has 0 atom stereocenters. The molecule has 0 spiro atoms. The lowest BCUT2D eigenvalue weighted by molar-refractivity contribution is 0.196. The number of nitrogens with one attached hydrogen (secondary N) is 1. The van der Waals surface area contributed by atoms with E-state index >= 15 is 0 Å². The van der Waals surface area contributed by atoms with E-state index in [0.717, 1.165) is 13.0 Å². The van der Waals surface area contributed by atoms with E-state index in [9.17, 15) is 13.2 Å². The van der Waals surface area contributed by atoms with E-state index < -0.39 is 10.0 Å². The molecule has 3 aromatic rings. The number of hydrogen-bond acceptors (Lipinski definition) is 7. The highest BCUT2D eigenvalue weighted by molar-refractivity contribution is 7.89. The summed E-state index contributed by atoms with van der Waals surface area (Å²) in [6.45, 7) is 11.3. The van der Waals surface area contributed by atoms with Gasteiger partial charge < -0.3 is 36.5 Å². The Morgan fingerprint density at radius 3 is 2.23 bits per heavy atom. The third-order valence-electron chi connectivity index (χ3n) is 6.14. The van der Waals surface area contributed by atoms with Crippen molar-refractivity contribution >= 4 is 27.9 Å². The van der Waals surface area contributed by atoms with E-state index in [1.807, 2.05) is 13.8 Å². The van der Waals surface area contributed by atoms with Crippen LogP contribution in [0.4, 0.5) is 0 Å². The van der Waals surface area contributed by atoms with Crippen molar-refractivity contribution in [3.05, 3.63) is 40.1 Å². The number of aromatic amines is 1. The van der Waals surface area contributed by atoms with Crippen molar-refractivity contribution in [1.29, 1.82) is 0 Å². The van der Waals surface area contributed by atoms with Gasteiger partial charge in [-0.15, -0.1) is 17.5 Å². The first-order chi connectivity index (χ1) is 16.3. The summed E-state index contributed by atoms with van der Waals surface area (Å²) < 4.78 is 35.7. The van der Waals surface area contributed by atoms with Crippen LogP contribution in [0, 0.1) is 6.92 Å². The van der Waals surface area contributed by atoms with Gasteiger partial charge in [0.25, 0.3) is 5.56 Å². The molecule has 0 unspecified atom stereocenters. The van der Waals surface area contributed by atoms with Crippen LogP contribution in [0.2, 0.25) is 0 Å². The largest absolute Gasteiger partial charge is 0.493 e. The number of ether oxygens (including phenoxy) is 1. The molecule has 14 nitrogen and oxygen atoms in total. The maximum Gasteiger partial charge on any atom is 0.277 e. The number of aromatic nitrogens is 4. The summed E-state index contributed by atoms with van der Waals surface area (Å²) in [5.74, 6) is 1.38. The fraction of sp³-hybridized carbons (Fsp3) is 0.522. The smallest absolute Gasteiger partial charge is 0.277 e. The predicted molar refractivity (Wildman–Crippen MR) is 152 cm³/mol. The summed E-state index contributed by atoms with van der Waals surface area (Å²) in [7, 11) is -3.71. The summed E-state index contributed by atoms with van der Waals surface area (Å²) in [6, 6.07) is 4.72. The summed E-state index contributed by atoms with van der Waals surface area (Å²) >= 11 is 0. The molecular formula is C23H41ClN6O8S. The molecule has 0 bridgehead atoms. The summed E-state index contributed by atoms with van der Waals surface area (Å²) in [6.07, 6.45) is 1.52. The Balaban J connectivity index is 0. The minimum absolute atomic E-state index is 0. The Hall–Kier alpha value is -2.63. The Kier molecular flexibility index (Phi) is 15.6. The van der Waals surface area contributed by atoms with Gasteiger partial charge in [-0.3, -0.25) is 4.79 Å². The molecule has 224 valence electrons. The first kappa shape index (κ1) is 38.5. The zero-order valence-electron chi connectivity index (χ0n) is 22.6. The Labute approximate surface area is 233 Å². The van der Waals surface area contributed by atoms with Crippen LogP contribution in [-0.4, -0.2) is 98.4 Å². The van der Waals surface area contributed by atoms with Gasteiger partial charge in [-0.05, 0) is 45.0 Å². The highest BCUT2D eigenvalue weighted by Gasteiger charge is 2.29. The molecule has 1 saturated heterocycles. The van der Waals surface area contributed by atoms with Crippen LogP contribution in [-0.2, 0) is 16.4 Å². The molecule has 16 heteroatoms. The second-order valence-electron chi connectivity index (χ2n) is 8.36. The highest BCUT2D eigenvalue weighted by Crippen LogP contribution is 2.31. The maximum atomic E-state index is 13.4. The number of H-pyrrole nitrogens is 1. The summed E-state index contributed by atoms with van der Waals surface area (Å²) in [4.78, 5) is 22.6. The van der Waals surface area contributed by atoms with Gasteiger partial charge in [-0.1, -0.05) is 13.8 Å². The van der Waals surface area contributed by atoms with Gasteiger partial charge in [0.05, 0.1) is 22.8 Å². The van der Waals surface area contributed by atoms with Gasteiger partial charge in [-0.25, -0.2) is 17.9 Å². The average molecular weight is 597 g/mol. The number of nitrogens with zero attached hydrogens (tertiary/aromatic N) is 5. The molecule has 0 saturated carbocycles. The standard InChI is InChI=1S/C23H32N6O4S.ClH.4H2O/c1-5-8-20-24-16(4)21-23(30)25-22(26-29(20)21)18-15-17(9-10-19(18)33-7-3)34(31,32)28-13-11-27(6-2)12-14-28;;;;;/h9-10,15H,5-8,11-14H2,1-4H3,(H,25,26,30);1H;4*1H2. The molecule has 0 radical (unpaired) electrons. The van der Waals surface area contributed by atoms with Crippen LogP contribution in [0.3, 0.4) is 0 Å². The van der Waals surface area contributed by atoms with E-state index in [1.54, 1.807) is 29.6 Å². The van der Waals surface area contributed by atoms with Crippen molar-refractivity contribution in [3.8, 4) is 17.1 Å². The van der Waals surface area contributed by atoms with Crippen LogP contribution in [0.25, 0.3) is 16.9 Å². The molecule has 1 aliphatic rings. The quantitative estimate of drug-likeness (QED) is 0.346. The molecule has 3 heterocycles. The molecule has 1 aliphatic heterocycles. The maximum absolute atomic E-state index is 13.4. The fourth-order valence-corrected chi connectivity index (χ4v) is 5.76. The Morgan fingerprint density at radius 2 is 1.67 bits per heavy atom. The number of fused-ring (bicyclic) bond motifs is 1. The third-order valence-corrected chi connectivity index (χ3v) is 8.03. The van der Waals surface area contributed by atoms with E-state index in [1.165, 1.54) is 4.31 Å². The van der Waals surface area contributed by atoms with Gasteiger partial charge in [0, 0.05) is 32.6 Å². The van der Waals surface area contributed by atoms with E-state index in [-0.39, 0.29) is 50.6 Å². The van der Waals surface area contributed by atoms with Gasteiger partial charge in [0.2, 0.25) is 10.0 Å². The molecule has 2 aromatic heterocycles. The predicted octanol–water partition coefficient (Wildman–Crippen LogP) is -0.807. The van der Waals surface area contributed by atoms with Crippen molar-refractivity contribution in [2.45, 2.75) is 45.4 Å². The molecule has 0 amide bonds. The number of aryl methyl sites for hydroxylation is 2. The lowest BCUT2D eigenvalue weighted by atomic mass is 10.2. The van der Waals surface area contributed by atoms with Gasteiger partial charge in [0.1, 0.15) is 11.6 Å². The molecular weight excluding hydrogens is 556 g/mol. The molecule has 4 rings (SSSR count). The summed E-state index contributed by atoms with van der Waals surface area (Å²) in [5.41, 5.74) is 1.09. The van der Waals surface area contributed by atoms with Crippen LogP contribution in [0.5, 0.6) is 5.75 Å². The molecule has 1 fully saturated rings. The molecule has 1 aromatic carbocycles. The number of benzene rings is 1. The topological polar surface area (TPSA) is 239 Å². The number of halogens is 1. The van der Waals surface area contributed by atoms with E-state index in [0.29, 0.717) is 67.6 Å². The number of rotatable bonds is 8. The zero-order chi connectivity index (χ0) is 24.5.